The van der Waals surface area contributed by atoms with Gasteiger partial charge in [0, 0.05) is 22.7 Å². The number of rotatable bonds is 3. The van der Waals surface area contributed by atoms with E-state index in [2.05, 4.69) is 37.0 Å². The molecule has 0 N–H and O–H groups in total. The first-order valence-electron chi connectivity index (χ1n) is 12.4. The van der Waals surface area contributed by atoms with Crippen molar-refractivity contribution < 1.29 is 22.0 Å². The highest BCUT2D eigenvalue weighted by molar-refractivity contribution is 6.12. The molecule has 0 saturated carbocycles. The van der Waals surface area contributed by atoms with Crippen LogP contribution in [-0.4, -0.2) is 11.2 Å². The van der Waals surface area contributed by atoms with Gasteiger partial charge < -0.3 is 0 Å². The minimum Gasteiger partial charge on any atom is -0.256 e. The molecule has 0 aliphatic rings. The van der Waals surface area contributed by atoms with E-state index >= 15 is 0 Å². The van der Waals surface area contributed by atoms with Crippen LogP contribution in [0.1, 0.15) is 16.7 Å². The van der Waals surface area contributed by atoms with Crippen molar-refractivity contribution >= 4 is 32.3 Å². The lowest BCUT2D eigenvalue weighted by Crippen LogP contribution is -2.33. The maximum atomic E-state index is 14.4. The van der Waals surface area contributed by atoms with Crippen molar-refractivity contribution in [1.29, 1.82) is 0 Å². The van der Waals surface area contributed by atoms with Gasteiger partial charge in [-0.15, -0.1) is 0 Å². The van der Waals surface area contributed by atoms with Gasteiger partial charge >= 0.3 is 12.1 Å². The minimum atomic E-state index is -5.69. The normalized spacial score (nSPS) is 12.5. The Kier molecular flexibility index (Phi) is 5.68. The quantitative estimate of drug-likeness (QED) is 0.165. The van der Waals surface area contributed by atoms with Crippen LogP contribution in [0.2, 0.25) is 0 Å². The summed E-state index contributed by atoms with van der Waals surface area (Å²) in [5, 5.41) is 4.15. The van der Waals surface area contributed by atoms with Gasteiger partial charge in [-0.05, 0) is 76.2 Å². The Morgan fingerprint density at radius 2 is 1.26 bits per heavy atom. The number of hydrogen-bond acceptors (Lipinski definition) is 1. The number of aromatic nitrogens is 1. The van der Waals surface area contributed by atoms with Gasteiger partial charge in [0.15, 0.2) is 0 Å². The molecule has 194 valence electrons. The van der Waals surface area contributed by atoms with E-state index in [4.69, 9.17) is 0 Å². The van der Waals surface area contributed by atoms with Gasteiger partial charge in [-0.25, -0.2) is 0 Å². The van der Waals surface area contributed by atoms with Crippen molar-refractivity contribution in [2.75, 3.05) is 0 Å². The van der Waals surface area contributed by atoms with Crippen LogP contribution < -0.4 is 0 Å². The summed E-state index contributed by atoms with van der Waals surface area (Å²) >= 11 is 0. The molecule has 1 nitrogen and oxygen atoms in total. The lowest BCUT2D eigenvalue weighted by atomic mass is 9.90. The second kappa shape index (κ2) is 8.87. The highest BCUT2D eigenvalue weighted by atomic mass is 19.4. The monoisotopic (exact) mass is 527 g/mol. The Bertz CT molecular complexity index is 1880. The van der Waals surface area contributed by atoms with Crippen molar-refractivity contribution in [1.82, 2.24) is 4.98 Å². The topological polar surface area (TPSA) is 12.9 Å². The predicted octanol–water partition coefficient (Wildman–Crippen LogP) is 10.1. The molecular weight excluding hydrogens is 505 g/mol. The molecule has 0 bridgehead atoms. The van der Waals surface area contributed by atoms with E-state index in [1.807, 2.05) is 36.4 Å². The fourth-order valence-corrected chi connectivity index (χ4v) is 5.48. The summed E-state index contributed by atoms with van der Waals surface area (Å²) in [6, 6.07) is 26.3. The van der Waals surface area contributed by atoms with Crippen LogP contribution >= 0.6 is 0 Å². The van der Waals surface area contributed by atoms with Crippen molar-refractivity contribution in [2.24, 2.45) is 0 Å². The Balaban J connectivity index is 1.52. The number of fused-ring (bicyclic) bond motifs is 4. The molecule has 0 spiro atoms. The molecule has 6 rings (SSSR count). The Hall–Kier alpha value is -4.32. The fourth-order valence-electron chi connectivity index (χ4n) is 5.48. The molecule has 0 unspecified atom stereocenters. The van der Waals surface area contributed by atoms with E-state index in [1.54, 1.807) is 18.3 Å². The fraction of sp³-hybridized carbons (Fsp3) is 0.121. The van der Waals surface area contributed by atoms with Crippen molar-refractivity contribution in [3.05, 3.63) is 114 Å². The van der Waals surface area contributed by atoms with Gasteiger partial charge in [-0.2, -0.15) is 22.0 Å². The maximum Gasteiger partial charge on any atom is 0.458 e. The minimum absolute atomic E-state index is 0.125. The average Bonchev–Trinajstić information content (AvgIpc) is 2.90. The van der Waals surface area contributed by atoms with Gasteiger partial charge in [0.1, 0.15) is 0 Å². The number of nitrogens with zero attached hydrogens (tertiary/aromatic N) is 1. The lowest BCUT2D eigenvalue weighted by Gasteiger charge is -2.22. The van der Waals surface area contributed by atoms with Crippen LogP contribution in [0.5, 0.6) is 0 Å². The van der Waals surface area contributed by atoms with Gasteiger partial charge in [-0.1, -0.05) is 77.9 Å². The number of pyridine rings is 1. The lowest BCUT2D eigenvalue weighted by molar-refractivity contribution is -0.288. The molecule has 6 aromatic rings. The summed E-state index contributed by atoms with van der Waals surface area (Å²) in [5.41, 5.74) is 4.49. The molecule has 0 aliphatic heterocycles. The van der Waals surface area contributed by atoms with Crippen molar-refractivity contribution in [3.63, 3.8) is 0 Å². The van der Waals surface area contributed by atoms with Crippen molar-refractivity contribution in [2.45, 2.75) is 25.9 Å². The molecule has 1 heterocycles. The van der Waals surface area contributed by atoms with Crippen LogP contribution in [0.15, 0.2) is 97.2 Å². The molecule has 1 aromatic heterocycles. The first kappa shape index (κ1) is 25.0. The molecule has 39 heavy (non-hydrogen) atoms. The van der Waals surface area contributed by atoms with Crippen LogP contribution in [0.4, 0.5) is 22.0 Å². The summed E-state index contributed by atoms with van der Waals surface area (Å²) in [6.07, 6.45) is -3.90. The summed E-state index contributed by atoms with van der Waals surface area (Å²) in [5.74, 6) is -4.96. The SMILES string of the molecule is Cc1cc(C)cc(-c2nccc3c2ccc2cc(-c4ccc(C(F)(F)C(F)(F)F)c5ccccc45)ccc23)c1. The van der Waals surface area contributed by atoms with E-state index < -0.39 is 17.7 Å². The summed E-state index contributed by atoms with van der Waals surface area (Å²) < 4.78 is 68.3. The van der Waals surface area contributed by atoms with Crippen LogP contribution in [-0.2, 0) is 5.92 Å². The van der Waals surface area contributed by atoms with Crippen LogP contribution in [0, 0.1) is 13.8 Å². The molecule has 0 saturated heterocycles. The van der Waals surface area contributed by atoms with Gasteiger partial charge in [0.05, 0.1) is 5.69 Å². The highest BCUT2D eigenvalue weighted by Crippen LogP contribution is 2.47. The molecule has 0 atom stereocenters. The molecule has 5 aromatic carbocycles. The summed E-state index contributed by atoms with van der Waals surface area (Å²) in [7, 11) is 0. The zero-order valence-corrected chi connectivity index (χ0v) is 21.1. The van der Waals surface area contributed by atoms with Crippen LogP contribution in [0.25, 0.3) is 54.7 Å². The second-order valence-electron chi connectivity index (χ2n) is 9.91. The van der Waals surface area contributed by atoms with Crippen molar-refractivity contribution in [3.8, 4) is 22.4 Å². The average molecular weight is 528 g/mol. The van der Waals surface area contributed by atoms with E-state index in [1.165, 1.54) is 18.2 Å². The van der Waals surface area contributed by atoms with Gasteiger partial charge in [0.2, 0.25) is 0 Å². The van der Waals surface area contributed by atoms with E-state index in [-0.39, 0.29) is 5.39 Å². The molecule has 0 amide bonds. The highest BCUT2D eigenvalue weighted by Gasteiger charge is 2.59. The van der Waals surface area contributed by atoms with E-state index in [0.29, 0.717) is 10.9 Å². The Morgan fingerprint density at radius 3 is 1.97 bits per heavy atom. The zero-order chi connectivity index (χ0) is 27.5. The Labute approximate surface area is 221 Å². The third kappa shape index (κ3) is 4.11. The second-order valence-corrected chi connectivity index (χ2v) is 9.91. The standard InChI is InChI=1S/C33H22F5N/c1-19-15-20(2)17-23(16-19)31-29-10-8-22-18-21(7-9-24(22)27(29)13-14-39-31)25-11-12-30(32(34,35)33(36,37)38)28-6-4-3-5-26(25)28/h3-18H,1-2H3. The van der Waals surface area contributed by atoms with Gasteiger partial charge in [0.25, 0.3) is 0 Å². The first-order chi connectivity index (χ1) is 18.5. The van der Waals surface area contributed by atoms with Crippen LogP contribution in [0.3, 0.4) is 0 Å². The largest absolute Gasteiger partial charge is 0.458 e. The maximum absolute atomic E-state index is 14.4. The number of aryl methyl sites for hydroxylation is 2. The molecule has 0 radical (unpaired) electrons. The zero-order valence-electron chi connectivity index (χ0n) is 21.1. The number of alkyl halides is 5. The third-order valence-corrected chi connectivity index (χ3v) is 7.19. The molecule has 0 aliphatic carbocycles. The molecule has 0 fully saturated rings. The number of hydrogen-bond donors (Lipinski definition) is 0. The number of benzene rings is 5. The first-order valence-corrected chi connectivity index (χ1v) is 12.4. The smallest absolute Gasteiger partial charge is 0.256 e. The molecular formula is C33H22F5N. The third-order valence-electron chi connectivity index (χ3n) is 7.19. The number of halogens is 5. The molecule has 6 heteroatoms. The summed E-state index contributed by atoms with van der Waals surface area (Å²) in [4.78, 5) is 4.67. The summed E-state index contributed by atoms with van der Waals surface area (Å²) in [6.45, 7) is 4.11. The van der Waals surface area contributed by atoms with Gasteiger partial charge in [-0.3, -0.25) is 4.98 Å². The predicted molar refractivity (Wildman–Crippen MR) is 147 cm³/mol. The van der Waals surface area contributed by atoms with E-state index in [0.717, 1.165) is 55.6 Å². The Morgan fingerprint density at radius 1 is 0.564 bits per heavy atom. The van der Waals surface area contributed by atoms with E-state index in [9.17, 15) is 22.0 Å².